The average molecular weight is 132 g/mol. The lowest BCUT2D eigenvalue weighted by Crippen LogP contribution is -2.19. The second kappa shape index (κ2) is 2.06. The van der Waals surface area contributed by atoms with Gasteiger partial charge in [0.15, 0.2) is 0 Å². The van der Waals surface area contributed by atoms with E-state index in [1.165, 1.54) is 5.57 Å². The van der Waals surface area contributed by atoms with E-state index in [1.807, 2.05) is 24.4 Å². The largest absolute Gasteiger partial charge is 0.308 e. The van der Waals surface area contributed by atoms with E-state index in [9.17, 15) is 0 Å². The van der Waals surface area contributed by atoms with Crippen LogP contribution >= 0.6 is 0 Å². The minimum atomic E-state index is 1.13. The molecule has 50 valence electrons. The molecule has 10 heavy (non-hydrogen) atoms. The summed E-state index contributed by atoms with van der Waals surface area (Å²) in [6.45, 7) is 0. The highest BCUT2D eigenvalue weighted by Crippen LogP contribution is 2.13. The van der Waals surface area contributed by atoms with E-state index in [1.54, 1.807) is 0 Å². The maximum Gasteiger partial charge on any atom is 0.0627 e. The lowest BCUT2D eigenvalue weighted by atomic mass is 10.2. The van der Waals surface area contributed by atoms with Gasteiger partial charge in [-0.2, -0.15) is 0 Å². The zero-order chi connectivity index (χ0) is 6.81. The van der Waals surface area contributed by atoms with Crippen molar-refractivity contribution in [2.75, 3.05) is 0 Å². The van der Waals surface area contributed by atoms with Crippen molar-refractivity contribution in [3.05, 3.63) is 47.9 Å². The Morgan fingerprint density at radius 3 is 2.40 bits per heavy atom. The molecular weight excluding hydrogens is 124 g/mol. The number of nitrogens with one attached hydrogen (secondary N) is 2. The van der Waals surface area contributed by atoms with Gasteiger partial charge in [0.1, 0.15) is 0 Å². The van der Waals surface area contributed by atoms with Gasteiger partial charge in [-0.3, -0.25) is 0 Å². The van der Waals surface area contributed by atoms with Crippen molar-refractivity contribution in [1.82, 2.24) is 10.9 Å². The fourth-order valence-electron chi connectivity index (χ4n) is 1.01. The number of allylic oxidation sites excluding steroid dienone is 6. The van der Waals surface area contributed by atoms with Gasteiger partial charge >= 0.3 is 0 Å². The predicted molar refractivity (Wildman–Crippen MR) is 40.7 cm³/mol. The molecule has 1 aliphatic heterocycles. The Kier molecular flexibility index (Phi) is 1.10. The summed E-state index contributed by atoms with van der Waals surface area (Å²) in [6, 6.07) is 0. The summed E-state index contributed by atoms with van der Waals surface area (Å²) >= 11 is 0. The van der Waals surface area contributed by atoms with Gasteiger partial charge in [-0.25, -0.2) is 0 Å². The van der Waals surface area contributed by atoms with E-state index < -0.39 is 0 Å². The van der Waals surface area contributed by atoms with Crippen LogP contribution in [0.5, 0.6) is 0 Å². The van der Waals surface area contributed by atoms with Crippen LogP contribution in [-0.2, 0) is 0 Å². The summed E-state index contributed by atoms with van der Waals surface area (Å²) in [5, 5.41) is 0. The van der Waals surface area contributed by atoms with Gasteiger partial charge in [0.2, 0.25) is 0 Å². The molecule has 2 nitrogen and oxygen atoms in total. The van der Waals surface area contributed by atoms with Crippen LogP contribution in [0.15, 0.2) is 47.9 Å². The maximum atomic E-state index is 3.01. The third kappa shape index (κ3) is 0.739. The molecule has 1 aliphatic carbocycles. The van der Waals surface area contributed by atoms with Crippen LogP contribution in [0.2, 0.25) is 0 Å². The Balaban J connectivity index is 2.36. The van der Waals surface area contributed by atoms with Crippen molar-refractivity contribution in [3.8, 4) is 0 Å². The van der Waals surface area contributed by atoms with Gasteiger partial charge in [-0.05, 0) is 11.6 Å². The van der Waals surface area contributed by atoms with Crippen LogP contribution in [0.1, 0.15) is 0 Å². The van der Waals surface area contributed by atoms with Gasteiger partial charge in [0, 0.05) is 6.20 Å². The first-order chi connectivity index (χ1) is 4.97. The summed E-state index contributed by atoms with van der Waals surface area (Å²) in [6.07, 6.45) is 12.1. The first-order valence-corrected chi connectivity index (χ1v) is 3.24. The van der Waals surface area contributed by atoms with Crippen molar-refractivity contribution in [2.24, 2.45) is 0 Å². The highest BCUT2D eigenvalue weighted by molar-refractivity contribution is 5.46. The highest BCUT2D eigenvalue weighted by Gasteiger charge is 2.02. The van der Waals surface area contributed by atoms with Gasteiger partial charge in [0.25, 0.3) is 0 Å². The van der Waals surface area contributed by atoms with E-state index in [2.05, 4.69) is 23.0 Å². The average Bonchev–Trinajstić information content (AvgIpc) is 2.59. The van der Waals surface area contributed by atoms with Gasteiger partial charge in [-0.1, -0.05) is 24.3 Å². The van der Waals surface area contributed by atoms with Crippen LogP contribution in [0.3, 0.4) is 0 Å². The van der Waals surface area contributed by atoms with Gasteiger partial charge < -0.3 is 10.9 Å². The van der Waals surface area contributed by atoms with Crippen LogP contribution in [0.4, 0.5) is 0 Å². The second-order valence-electron chi connectivity index (χ2n) is 2.19. The highest BCUT2D eigenvalue weighted by atomic mass is 15.4. The number of hydrazine groups is 1. The molecule has 0 aromatic rings. The molecule has 0 fully saturated rings. The SMILES string of the molecule is C1=CC(=C2C=CNN2)C=C1. The fourth-order valence-corrected chi connectivity index (χ4v) is 1.01. The van der Waals surface area contributed by atoms with E-state index in [-0.39, 0.29) is 0 Å². The van der Waals surface area contributed by atoms with Crippen molar-refractivity contribution in [2.45, 2.75) is 0 Å². The van der Waals surface area contributed by atoms with Crippen molar-refractivity contribution < 1.29 is 0 Å². The third-order valence-electron chi connectivity index (χ3n) is 1.51. The Morgan fingerprint density at radius 1 is 1.00 bits per heavy atom. The fraction of sp³-hybridized carbons (Fsp3) is 0. The van der Waals surface area contributed by atoms with Crippen LogP contribution < -0.4 is 10.9 Å². The van der Waals surface area contributed by atoms with Crippen LogP contribution in [0.25, 0.3) is 0 Å². The molecule has 0 atom stereocenters. The summed E-state index contributed by atoms with van der Waals surface area (Å²) in [7, 11) is 0. The normalized spacial score (nSPS) is 20.0. The first-order valence-electron chi connectivity index (χ1n) is 3.24. The summed E-state index contributed by atoms with van der Waals surface area (Å²) < 4.78 is 0. The molecule has 0 unspecified atom stereocenters. The minimum absolute atomic E-state index is 1.13. The molecule has 0 spiro atoms. The zero-order valence-corrected chi connectivity index (χ0v) is 5.46. The van der Waals surface area contributed by atoms with E-state index >= 15 is 0 Å². The van der Waals surface area contributed by atoms with E-state index in [4.69, 9.17) is 0 Å². The minimum Gasteiger partial charge on any atom is -0.308 e. The first kappa shape index (κ1) is 5.35. The molecule has 0 aromatic carbocycles. The Labute approximate surface area is 59.6 Å². The van der Waals surface area contributed by atoms with Crippen LogP contribution in [-0.4, -0.2) is 0 Å². The van der Waals surface area contributed by atoms with E-state index in [0.717, 1.165) is 5.70 Å². The number of hydrogen-bond acceptors (Lipinski definition) is 2. The predicted octanol–water partition coefficient (Wildman–Crippen LogP) is 0.988. The van der Waals surface area contributed by atoms with Gasteiger partial charge in [-0.15, -0.1) is 0 Å². The molecular formula is C8H8N2. The van der Waals surface area contributed by atoms with Crippen molar-refractivity contribution in [1.29, 1.82) is 0 Å². The Morgan fingerprint density at radius 2 is 1.80 bits per heavy atom. The molecule has 2 N–H and O–H groups in total. The number of hydrogen-bond donors (Lipinski definition) is 2. The molecule has 0 saturated heterocycles. The third-order valence-corrected chi connectivity index (χ3v) is 1.51. The molecule has 2 rings (SSSR count). The quantitative estimate of drug-likeness (QED) is 0.513. The molecule has 0 amide bonds. The molecule has 1 heterocycles. The van der Waals surface area contributed by atoms with E-state index in [0.29, 0.717) is 0 Å². The second-order valence-corrected chi connectivity index (χ2v) is 2.19. The molecule has 0 aromatic heterocycles. The summed E-state index contributed by atoms with van der Waals surface area (Å²) in [4.78, 5) is 0. The zero-order valence-electron chi connectivity index (χ0n) is 5.46. The van der Waals surface area contributed by atoms with Crippen molar-refractivity contribution in [3.63, 3.8) is 0 Å². The topological polar surface area (TPSA) is 24.1 Å². The smallest absolute Gasteiger partial charge is 0.0627 e. The summed E-state index contributed by atoms with van der Waals surface area (Å²) in [5.41, 5.74) is 8.26. The van der Waals surface area contributed by atoms with Crippen molar-refractivity contribution >= 4 is 0 Å². The maximum absolute atomic E-state index is 3.01. The lowest BCUT2D eigenvalue weighted by molar-refractivity contribution is 0.783. The molecule has 2 aliphatic rings. The molecule has 0 radical (unpaired) electrons. The standard InChI is InChI=1S/C8H8N2/c1-2-4-7(3-1)8-5-6-9-10-8/h1-6,9-10H. The monoisotopic (exact) mass is 132 g/mol. The summed E-state index contributed by atoms with van der Waals surface area (Å²) in [5.74, 6) is 0. The van der Waals surface area contributed by atoms with Crippen LogP contribution in [0, 0.1) is 0 Å². The number of rotatable bonds is 0. The Hall–Kier alpha value is -1.44. The lowest BCUT2D eigenvalue weighted by Gasteiger charge is -1.99. The molecule has 0 bridgehead atoms. The van der Waals surface area contributed by atoms with Gasteiger partial charge in [0.05, 0.1) is 5.70 Å². The Bertz CT molecular complexity index is 242. The molecule has 2 heteroatoms. The molecule has 0 saturated carbocycles.